The second-order valence-corrected chi connectivity index (χ2v) is 8.08. The number of hydrogen-bond acceptors (Lipinski definition) is 3. The maximum Gasteiger partial charge on any atom is 0.295 e. The highest BCUT2D eigenvalue weighted by Gasteiger charge is 2.46. The highest BCUT2D eigenvalue weighted by Crippen LogP contribution is 2.42. The van der Waals surface area contributed by atoms with Crippen LogP contribution in [-0.4, -0.2) is 33.2 Å². The zero-order valence-electron chi connectivity index (χ0n) is 16.3. The molecular weight excluding hydrogens is 423 g/mol. The van der Waals surface area contributed by atoms with Crippen molar-refractivity contribution in [3.8, 4) is 0 Å². The van der Waals surface area contributed by atoms with Gasteiger partial charge >= 0.3 is 0 Å². The third-order valence-corrected chi connectivity index (χ3v) is 6.14. The van der Waals surface area contributed by atoms with E-state index in [1.54, 1.807) is 23.2 Å². The lowest BCUT2D eigenvalue weighted by Crippen LogP contribution is -2.30. The molecule has 0 bridgehead atoms. The van der Waals surface area contributed by atoms with Gasteiger partial charge in [-0.1, -0.05) is 54.7 Å². The second-order valence-electron chi connectivity index (χ2n) is 7.26. The smallest absolute Gasteiger partial charge is 0.295 e. The number of para-hydroxylation sites is 1. The number of aliphatic hydroxyl groups excluding tert-OH is 1. The first-order chi connectivity index (χ1) is 14.4. The molecule has 1 unspecified atom stereocenters. The first kappa shape index (κ1) is 20.5. The van der Waals surface area contributed by atoms with Gasteiger partial charge in [0, 0.05) is 34.8 Å². The SMILES string of the molecule is CCCCN1C(=O)C(=O)/C(=C(/O)c2ccc(Cl)c(Cl)c2)C1c1c[nH]c2ccccc12. The molecule has 1 amide bonds. The van der Waals surface area contributed by atoms with Crippen LogP contribution < -0.4 is 0 Å². The van der Waals surface area contributed by atoms with Gasteiger partial charge in [0.2, 0.25) is 0 Å². The summed E-state index contributed by atoms with van der Waals surface area (Å²) < 4.78 is 0. The van der Waals surface area contributed by atoms with Gasteiger partial charge in [-0.3, -0.25) is 9.59 Å². The summed E-state index contributed by atoms with van der Waals surface area (Å²) in [6.07, 6.45) is 3.41. The van der Waals surface area contributed by atoms with Crippen LogP contribution in [0.15, 0.2) is 54.2 Å². The molecule has 1 aliphatic rings. The Morgan fingerprint density at radius 2 is 1.90 bits per heavy atom. The van der Waals surface area contributed by atoms with E-state index in [9.17, 15) is 14.7 Å². The van der Waals surface area contributed by atoms with Gasteiger partial charge in [-0.2, -0.15) is 0 Å². The third-order valence-electron chi connectivity index (χ3n) is 5.40. The summed E-state index contributed by atoms with van der Waals surface area (Å²) in [4.78, 5) is 30.6. The van der Waals surface area contributed by atoms with E-state index in [1.807, 2.05) is 31.2 Å². The number of likely N-dealkylation sites (tertiary alicyclic amines) is 1. The van der Waals surface area contributed by atoms with Gasteiger partial charge in [-0.05, 0) is 30.7 Å². The van der Waals surface area contributed by atoms with Crippen LogP contribution in [0.25, 0.3) is 16.7 Å². The zero-order chi connectivity index (χ0) is 21.4. The lowest BCUT2D eigenvalue weighted by molar-refractivity contribution is -0.139. The number of benzene rings is 2. The number of rotatable bonds is 5. The Kier molecular flexibility index (Phi) is 5.58. The van der Waals surface area contributed by atoms with Crippen molar-refractivity contribution in [2.45, 2.75) is 25.8 Å². The number of ketones is 1. The normalized spacial score (nSPS) is 18.5. The zero-order valence-corrected chi connectivity index (χ0v) is 17.8. The van der Waals surface area contributed by atoms with E-state index in [0.29, 0.717) is 17.1 Å². The Morgan fingerprint density at radius 3 is 2.63 bits per heavy atom. The number of aromatic nitrogens is 1. The molecule has 2 aromatic carbocycles. The molecule has 30 heavy (non-hydrogen) atoms. The largest absolute Gasteiger partial charge is 0.507 e. The molecule has 1 saturated heterocycles. The third kappa shape index (κ3) is 3.38. The molecule has 3 aromatic rings. The number of fused-ring (bicyclic) bond motifs is 1. The van der Waals surface area contributed by atoms with Crippen LogP contribution in [-0.2, 0) is 9.59 Å². The summed E-state index contributed by atoms with van der Waals surface area (Å²) in [5, 5.41) is 12.6. The predicted octanol–water partition coefficient (Wildman–Crippen LogP) is 5.70. The van der Waals surface area contributed by atoms with E-state index >= 15 is 0 Å². The molecule has 0 aliphatic carbocycles. The number of aromatic amines is 1. The lowest BCUT2D eigenvalue weighted by atomic mass is 9.95. The first-order valence-corrected chi connectivity index (χ1v) is 10.5. The minimum atomic E-state index is -0.704. The predicted molar refractivity (Wildman–Crippen MR) is 119 cm³/mol. The molecule has 0 saturated carbocycles. The first-order valence-electron chi connectivity index (χ1n) is 9.74. The van der Waals surface area contributed by atoms with Crippen LogP contribution in [0.4, 0.5) is 0 Å². The molecule has 2 heterocycles. The fraction of sp³-hybridized carbons (Fsp3) is 0.217. The Hall–Kier alpha value is -2.76. The van der Waals surface area contributed by atoms with Crippen molar-refractivity contribution in [3.63, 3.8) is 0 Å². The topological polar surface area (TPSA) is 73.4 Å². The Bertz CT molecular complexity index is 1180. The number of nitrogens with zero attached hydrogens (tertiary/aromatic N) is 1. The minimum absolute atomic E-state index is 0.0549. The van der Waals surface area contributed by atoms with Gasteiger partial charge in [-0.15, -0.1) is 0 Å². The van der Waals surface area contributed by atoms with Gasteiger partial charge in [0.15, 0.2) is 0 Å². The van der Waals surface area contributed by atoms with E-state index in [0.717, 1.165) is 29.3 Å². The molecular formula is C23H20Cl2N2O3. The van der Waals surface area contributed by atoms with E-state index in [4.69, 9.17) is 23.2 Å². The van der Waals surface area contributed by atoms with Crippen LogP contribution in [0.1, 0.15) is 36.9 Å². The van der Waals surface area contributed by atoms with E-state index in [2.05, 4.69) is 4.98 Å². The maximum absolute atomic E-state index is 13.0. The summed E-state index contributed by atoms with van der Waals surface area (Å²) in [5.41, 5.74) is 2.05. The summed E-state index contributed by atoms with van der Waals surface area (Å²) >= 11 is 12.1. The standard InChI is InChI=1S/C23H20Cl2N2O3/c1-2-3-10-27-20(15-12-26-18-7-5-4-6-14(15)18)19(22(29)23(27)30)21(28)13-8-9-16(24)17(25)11-13/h4-9,11-12,20,26,28H,2-3,10H2,1H3/b21-19+. The number of nitrogens with one attached hydrogen (secondary N) is 1. The van der Waals surface area contributed by atoms with Crippen molar-refractivity contribution in [2.24, 2.45) is 0 Å². The fourth-order valence-corrected chi connectivity index (χ4v) is 4.18. The lowest BCUT2D eigenvalue weighted by Gasteiger charge is -2.24. The Morgan fingerprint density at radius 1 is 1.13 bits per heavy atom. The summed E-state index contributed by atoms with van der Waals surface area (Å²) in [5.74, 6) is -1.58. The van der Waals surface area contributed by atoms with Crippen molar-refractivity contribution in [3.05, 3.63) is 75.4 Å². The molecule has 154 valence electrons. The number of aliphatic hydroxyl groups is 1. The molecule has 1 atom stereocenters. The van der Waals surface area contributed by atoms with Crippen molar-refractivity contribution >= 4 is 51.6 Å². The van der Waals surface area contributed by atoms with Gasteiger partial charge in [0.25, 0.3) is 11.7 Å². The van der Waals surface area contributed by atoms with Gasteiger partial charge in [-0.25, -0.2) is 0 Å². The highest BCUT2D eigenvalue weighted by atomic mass is 35.5. The van der Waals surface area contributed by atoms with Crippen LogP contribution >= 0.6 is 23.2 Å². The number of amides is 1. The molecule has 0 radical (unpaired) electrons. The van der Waals surface area contributed by atoms with Gasteiger partial charge < -0.3 is 15.0 Å². The van der Waals surface area contributed by atoms with Crippen molar-refractivity contribution < 1.29 is 14.7 Å². The molecule has 2 N–H and O–H groups in total. The van der Waals surface area contributed by atoms with Crippen molar-refractivity contribution in [2.75, 3.05) is 6.54 Å². The molecule has 7 heteroatoms. The fourth-order valence-electron chi connectivity index (χ4n) is 3.88. The number of H-pyrrole nitrogens is 1. The minimum Gasteiger partial charge on any atom is -0.507 e. The number of halogens is 2. The van der Waals surface area contributed by atoms with Crippen LogP contribution in [0, 0.1) is 0 Å². The molecule has 0 spiro atoms. The summed E-state index contributed by atoms with van der Waals surface area (Å²) in [7, 11) is 0. The van der Waals surface area contributed by atoms with Crippen LogP contribution in [0.5, 0.6) is 0 Å². The molecule has 1 fully saturated rings. The van der Waals surface area contributed by atoms with E-state index < -0.39 is 17.7 Å². The average Bonchev–Trinajstić information content (AvgIpc) is 3.27. The number of carbonyl (C=O) groups is 2. The number of Topliss-reactive ketones (excluding diaryl/α,β-unsaturated/α-hetero) is 1. The summed E-state index contributed by atoms with van der Waals surface area (Å²) in [6.45, 7) is 2.44. The number of unbranched alkanes of at least 4 members (excludes halogenated alkanes) is 1. The molecule has 1 aromatic heterocycles. The Labute approximate surface area is 183 Å². The average molecular weight is 443 g/mol. The number of hydrogen-bond donors (Lipinski definition) is 2. The van der Waals surface area contributed by atoms with Crippen molar-refractivity contribution in [1.82, 2.24) is 9.88 Å². The van der Waals surface area contributed by atoms with Crippen LogP contribution in [0.2, 0.25) is 10.0 Å². The highest BCUT2D eigenvalue weighted by molar-refractivity contribution is 6.47. The maximum atomic E-state index is 13.0. The Balaban J connectivity index is 1.93. The molecule has 4 rings (SSSR count). The molecule has 1 aliphatic heterocycles. The second kappa shape index (κ2) is 8.17. The van der Waals surface area contributed by atoms with E-state index in [1.165, 1.54) is 6.07 Å². The number of carbonyl (C=O) groups excluding carboxylic acids is 2. The molecule has 5 nitrogen and oxygen atoms in total. The van der Waals surface area contributed by atoms with Crippen molar-refractivity contribution in [1.29, 1.82) is 0 Å². The van der Waals surface area contributed by atoms with E-state index in [-0.39, 0.29) is 16.4 Å². The summed E-state index contributed by atoms with van der Waals surface area (Å²) in [6, 6.07) is 11.6. The van der Waals surface area contributed by atoms with Crippen LogP contribution in [0.3, 0.4) is 0 Å². The van der Waals surface area contributed by atoms with Gasteiger partial charge in [0.05, 0.1) is 21.7 Å². The quantitative estimate of drug-likeness (QED) is 0.302. The van der Waals surface area contributed by atoms with Gasteiger partial charge in [0.1, 0.15) is 5.76 Å². The monoisotopic (exact) mass is 442 g/mol.